The summed E-state index contributed by atoms with van der Waals surface area (Å²) in [6.07, 6.45) is 0.667. The van der Waals surface area contributed by atoms with Crippen LogP contribution in [0.2, 0.25) is 0 Å². The number of rotatable bonds is 3. The minimum absolute atomic E-state index is 0.0579. The molecular weight excluding hydrogens is 444 g/mol. The lowest BCUT2D eigenvalue weighted by Gasteiger charge is -1.97. The first-order valence-corrected chi connectivity index (χ1v) is 11.7. The van der Waals surface area contributed by atoms with Crippen LogP contribution < -0.4 is 0 Å². The van der Waals surface area contributed by atoms with Crippen molar-refractivity contribution >= 4 is 23.1 Å². The van der Waals surface area contributed by atoms with Gasteiger partial charge < -0.3 is 9.59 Å². The first-order chi connectivity index (χ1) is 15.8. The number of aromatic nitrogens is 4. The Hall–Kier alpha value is -2.90. The van der Waals surface area contributed by atoms with Gasteiger partial charge >= 0.3 is 0 Å². The van der Waals surface area contributed by atoms with Gasteiger partial charge in [0.15, 0.2) is 0 Å². The van der Waals surface area contributed by atoms with Crippen LogP contribution in [0.25, 0.3) is 0 Å². The molecule has 0 aliphatic rings. The minimum Gasteiger partial charge on any atom is -0.300 e. The first kappa shape index (κ1) is 36.7. The molecule has 0 aliphatic carbocycles. The highest BCUT2D eigenvalue weighted by molar-refractivity contribution is 5.99. The molecule has 0 radical (unpaired) electrons. The molecule has 0 unspecified atom stereocenters. The Bertz CT molecular complexity index is 855. The summed E-state index contributed by atoms with van der Waals surface area (Å²) in [5.74, 6) is -0.102. The molecule has 0 saturated carbocycles. The quantitative estimate of drug-likeness (QED) is 0.554. The topological polar surface area (TPSA) is 104 Å². The van der Waals surface area contributed by atoms with E-state index in [0.717, 1.165) is 11.4 Å². The molecule has 0 bridgehead atoms. The monoisotopic (exact) mass is 492 g/mol. The second-order valence-electron chi connectivity index (χ2n) is 8.75. The van der Waals surface area contributed by atoms with E-state index in [-0.39, 0.29) is 23.1 Å². The third kappa shape index (κ3) is 17.2. The number of nitrogens with zero attached hydrogens (tertiary/aromatic N) is 4. The van der Waals surface area contributed by atoms with Crippen molar-refractivity contribution in [3.05, 3.63) is 33.9 Å². The van der Waals surface area contributed by atoms with Crippen LogP contribution >= 0.6 is 0 Å². The fourth-order valence-electron chi connectivity index (χ4n) is 2.05. The fraction of sp³-hybridized carbons (Fsp3) is 0.630. The zero-order valence-electron chi connectivity index (χ0n) is 24.7. The lowest BCUT2D eigenvalue weighted by atomic mass is 10.0. The van der Waals surface area contributed by atoms with Crippen molar-refractivity contribution in [2.45, 2.75) is 96.4 Å². The molecule has 2 rings (SSSR count). The van der Waals surface area contributed by atoms with Crippen molar-refractivity contribution in [3.63, 3.8) is 0 Å². The van der Waals surface area contributed by atoms with Gasteiger partial charge in [-0.2, -0.15) is 10.2 Å². The van der Waals surface area contributed by atoms with Crippen LogP contribution in [0.15, 0.2) is 0 Å². The molecule has 0 fully saturated rings. The third-order valence-electron chi connectivity index (χ3n) is 5.46. The van der Waals surface area contributed by atoms with Crippen molar-refractivity contribution in [1.29, 1.82) is 0 Å². The molecule has 0 N–H and O–H groups in total. The molecule has 8 heteroatoms. The maximum atomic E-state index is 10.4. The van der Waals surface area contributed by atoms with Crippen LogP contribution in [-0.2, 0) is 33.3 Å². The number of carbonyl (C=O) groups is 4. The van der Waals surface area contributed by atoms with Gasteiger partial charge in [0.1, 0.15) is 23.1 Å². The van der Waals surface area contributed by atoms with E-state index in [9.17, 15) is 19.2 Å². The number of aryl methyl sites for hydroxylation is 4. The van der Waals surface area contributed by atoms with Crippen molar-refractivity contribution in [2.24, 2.45) is 20.0 Å². The molecule has 0 aromatic carbocycles. The maximum Gasteiger partial charge on any atom is 0.139 e. The van der Waals surface area contributed by atoms with Gasteiger partial charge in [0.05, 0.1) is 17.3 Å². The second-order valence-corrected chi connectivity index (χ2v) is 8.75. The number of Topliss-reactive ketones (excluding diaryl/α,β-unsaturated/α-hetero) is 4. The average molecular weight is 493 g/mol. The summed E-state index contributed by atoms with van der Waals surface area (Å²) >= 11 is 0. The molecular formula is C27H48N4O4. The molecule has 0 saturated heterocycles. The Morgan fingerprint density at radius 2 is 0.914 bits per heavy atom. The van der Waals surface area contributed by atoms with E-state index in [0.29, 0.717) is 6.42 Å². The largest absolute Gasteiger partial charge is 0.300 e. The summed E-state index contributed by atoms with van der Waals surface area (Å²) in [7, 11) is 3.94. The number of hydrogen-bond acceptors (Lipinski definition) is 6. The number of carbonyl (C=O) groups excluding carboxylic acids is 4. The Morgan fingerprint density at radius 3 is 0.943 bits per heavy atom. The van der Waals surface area contributed by atoms with E-state index in [1.807, 2.05) is 44.2 Å². The molecule has 0 amide bonds. The highest BCUT2D eigenvalue weighted by Crippen LogP contribution is 2.08. The van der Waals surface area contributed by atoms with Crippen LogP contribution in [0.1, 0.15) is 88.8 Å². The maximum absolute atomic E-state index is 10.4. The fourth-order valence-corrected chi connectivity index (χ4v) is 2.05. The highest BCUT2D eigenvalue weighted by Gasteiger charge is 2.11. The summed E-state index contributed by atoms with van der Waals surface area (Å²) in [5.41, 5.74) is 7.39. The van der Waals surface area contributed by atoms with Crippen molar-refractivity contribution in [2.75, 3.05) is 0 Å². The Labute approximate surface area is 212 Å². The van der Waals surface area contributed by atoms with Crippen LogP contribution in [0, 0.1) is 47.5 Å². The lowest BCUT2D eigenvalue weighted by Crippen LogP contribution is -2.14. The number of hydrogen-bond donors (Lipinski definition) is 0. The lowest BCUT2D eigenvalue weighted by molar-refractivity contribution is -0.129. The van der Waals surface area contributed by atoms with Crippen molar-refractivity contribution in [3.8, 4) is 0 Å². The molecule has 0 spiro atoms. The molecule has 2 aromatic heterocycles. The Kier molecular flexibility index (Phi) is 19.3. The van der Waals surface area contributed by atoms with Crippen molar-refractivity contribution in [1.82, 2.24) is 19.6 Å². The van der Waals surface area contributed by atoms with Gasteiger partial charge in [0.2, 0.25) is 0 Å². The van der Waals surface area contributed by atoms with Gasteiger partial charge in [0, 0.05) is 31.9 Å². The summed E-state index contributed by atoms with van der Waals surface area (Å²) in [4.78, 5) is 40.0. The van der Waals surface area contributed by atoms with E-state index in [4.69, 9.17) is 0 Å². The van der Waals surface area contributed by atoms with Crippen LogP contribution in [0.3, 0.4) is 0 Å². The molecule has 35 heavy (non-hydrogen) atoms. The molecule has 0 atom stereocenters. The van der Waals surface area contributed by atoms with E-state index in [1.165, 1.54) is 50.2 Å². The van der Waals surface area contributed by atoms with Gasteiger partial charge in [-0.25, -0.2) is 0 Å². The Balaban J connectivity index is -0.000000378. The van der Waals surface area contributed by atoms with Crippen LogP contribution in [-0.4, -0.2) is 42.7 Å². The normalized spacial score (nSPS) is 9.26. The first-order valence-electron chi connectivity index (χ1n) is 11.7. The third-order valence-corrected chi connectivity index (χ3v) is 5.46. The van der Waals surface area contributed by atoms with E-state index >= 15 is 0 Å². The SMILES string of the molecule is CC(=O)C(C)C(C)=O.CC(C)=O.CCC(C)=O.Cc1nn(C)c(C)c1C.Cc1nn(C)c(C)c1C. The van der Waals surface area contributed by atoms with Crippen molar-refractivity contribution < 1.29 is 19.2 Å². The van der Waals surface area contributed by atoms with Crippen LogP contribution in [0.4, 0.5) is 0 Å². The molecule has 2 aromatic rings. The highest BCUT2D eigenvalue weighted by atomic mass is 16.1. The summed E-state index contributed by atoms with van der Waals surface area (Å²) in [6.45, 7) is 23.4. The van der Waals surface area contributed by atoms with Gasteiger partial charge in [-0.3, -0.25) is 19.0 Å². The summed E-state index contributed by atoms with van der Waals surface area (Å²) in [5, 5.41) is 8.45. The summed E-state index contributed by atoms with van der Waals surface area (Å²) in [6, 6.07) is 0. The smallest absolute Gasteiger partial charge is 0.139 e. The summed E-state index contributed by atoms with van der Waals surface area (Å²) < 4.78 is 3.81. The van der Waals surface area contributed by atoms with Gasteiger partial charge in [-0.15, -0.1) is 0 Å². The zero-order valence-corrected chi connectivity index (χ0v) is 24.7. The molecule has 8 nitrogen and oxygen atoms in total. The number of ketones is 4. The predicted molar refractivity (Wildman–Crippen MR) is 143 cm³/mol. The van der Waals surface area contributed by atoms with E-state index < -0.39 is 5.92 Å². The average Bonchev–Trinajstić information content (AvgIpc) is 3.10. The van der Waals surface area contributed by atoms with Gasteiger partial charge in [-0.1, -0.05) is 6.92 Å². The van der Waals surface area contributed by atoms with E-state index in [1.54, 1.807) is 13.8 Å². The standard InChI is InChI=1S/2C7H12N2.C6H10O2.C4H8O.C3H6O/c2*1-5-6(2)8-9(4)7(5)3;1-4(5(2)7)6(3)8;1-3-4(2)5;1-3(2)4/h2*1-4H3;4H,1-3H3;3H2,1-2H3;1-2H3. The van der Waals surface area contributed by atoms with Crippen LogP contribution in [0.5, 0.6) is 0 Å². The Morgan fingerprint density at radius 1 is 0.686 bits per heavy atom. The van der Waals surface area contributed by atoms with E-state index in [2.05, 4.69) is 37.9 Å². The molecule has 2 heterocycles. The molecule has 0 aliphatic heterocycles. The zero-order chi connectivity index (χ0) is 28.6. The van der Waals surface area contributed by atoms with Gasteiger partial charge in [0.25, 0.3) is 0 Å². The van der Waals surface area contributed by atoms with Gasteiger partial charge in [-0.05, 0) is 94.2 Å². The second kappa shape index (κ2) is 18.4. The minimum atomic E-state index is -0.407. The molecule has 200 valence electrons. The predicted octanol–water partition coefficient (Wildman–Crippen LogP) is 5.07.